The summed E-state index contributed by atoms with van der Waals surface area (Å²) in [5, 5.41) is 4.02. The Balaban J connectivity index is 0.000000307. The Morgan fingerprint density at radius 1 is 0.833 bits per heavy atom. The van der Waals surface area contributed by atoms with E-state index in [-0.39, 0.29) is 0 Å². The molecular formula is C16H17NSi. The summed E-state index contributed by atoms with van der Waals surface area (Å²) in [7, 11) is 0.417. The molecule has 0 unspecified atom stereocenters. The van der Waals surface area contributed by atoms with Crippen LogP contribution in [0.4, 0.5) is 0 Å². The minimum absolute atomic E-state index is 0.417. The molecule has 0 bridgehead atoms. The van der Waals surface area contributed by atoms with Gasteiger partial charge in [-0.25, -0.2) is 0 Å². The van der Waals surface area contributed by atoms with Gasteiger partial charge in [-0.2, -0.15) is 0 Å². The molecule has 2 heteroatoms. The van der Waals surface area contributed by atoms with E-state index >= 15 is 0 Å². The second-order valence-electron chi connectivity index (χ2n) is 4.65. The topological polar surface area (TPSA) is 4.41 Å². The van der Waals surface area contributed by atoms with Crippen LogP contribution in [0, 0.1) is 0 Å². The smallest absolute Gasteiger partial charge is 0.0607 e. The van der Waals surface area contributed by atoms with E-state index in [9.17, 15) is 0 Å². The Hall–Kier alpha value is -1.80. The molecule has 2 heterocycles. The summed E-state index contributed by atoms with van der Waals surface area (Å²) in [6.45, 7) is 4.53. The van der Waals surface area contributed by atoms with E-state index in [2.05, 4.69) is 72.2 Å². The number of aromatic nitrogens is 1. The van der Waals surface area contributed by atoms with E-state index in [0.29, 0.717) is 9.52 Å². The van der Waals surface area contributed by atoms with Crippen LogP contribution in [0.5, 0.6) is 0 Å². The Morgan fingerprint density at radius 2 is 1.56 bits per heavy atom. The summed E-state index contributed by atoms with van der Waals surface area (Å²) >= 11 is 0. The first kappa shape index (κ1) is 11.3. The molecule has 0 aliphatic rings. The van der Waals surface area contributed by atoms with Gasteiger partial charge in [0.1, 0.15) is 0 Å². The third-order valence-corrected chi connectivity index (χ3v) is 3.17. The molecule has 0 spiro atoms. The molecule has 0 aliphatic carbocycles. The van der Waals surface area contributed by atoms with Crippen LogP contribution >= 0.6 is 0 Å². The van der Waals surface area contributed by atoms with Gasteiger partial charge in [0.05, 0.1) is 11.0 Å². The molecule has 1 nitrogen and oxygen atoms in total. The maximum atomic E-state index is 2.28. The Kier molecular flexibility index (Phi) is 2.80. The van der Waals surface area contributed by atoms with Gasteiger partial charge in [-0.1, -0.05) is 49.5 Å². The summed E-state index contributed by atoms with van der Waals surface area (Å²) in [6.07, 6.45) is 2.15. The first-order chi connectivity index (χ1) is 8.86. The van der Waals surface area contributed by atoms with Gasteiger partial charge in [-0.15, -0.1) is 0 Å². The molecule has 0 fully saturated rings. The van der Waals surface area contributed by atoms with Crippen molar-refractivity contribution in [1.29, 1.82) is 0 Å². The lowest BCUT2D eigenvalue weighted by Crippen LogP contribution is -1.73. The molecule has 0 saturated heterocycles. The molecule has 0 radical (unpaired) electrons. The van der Waals surface area contributed by atoms with E-state index in [1.54, 1.807) is 0 Å². The van der Waals surface area contributed by atoms with Crippen LogP contribution in [-0.4, -0.2) is 13.9 Å². The second kappa shape index (κ2) is 4.46. The lowest BCUT2D eigenvalue weighted by atomic mass is 10.1. The van der Waals surface area contributed by atoms with Crippen molar-refractivity contribution in [3.05, 3.63) is 54.7 Å². The summed E-state index contributed by atoms with van der Waals surface area (Å²) in [5.41, 5.74) is 2.65. The molecule has 18 heavy (non-hydrogen) atoms. The maximum absolute atomic E-state index is 2.28. The van der Waals surface area contributed by atoms with E-state index in [0.717, 1.165) is 0 Å². The third-order valence-electron chi connectivity index (χ3n) is 3.17. The molecular weight excluding hydrogens is 234 g/mol. The molecule has 90 valence electrons. The summed E-state index contributed by atoms with van der Waals surface area (Å²) in [6, 6.07) is 17.2. The molecule has 0 amide bonds. The van der Waals surface area contributed by atoms with Crippen molar-refractivity contribution in [2.75, 3.05) is 0 Å². The molecule has 0 saturated carbocycles. The van der Waals surface area contributed by atoms with E-state index in [1.807, 2.05) is 0 Å². The number of rotatable bonds is 0. The average Bonchev–Trinajstić information content (AvgIpc) is 2.96. The van der Waals surface area contributed by atoms with Gasteiger partial charge >= 0.3 is 0 Å². The normalized spacial score (nSPS) is 11.0. The van der Waals surface area contributed by atoms with Crippen LogP contribution in [0.15, 0.2) is 54.7 Å². The van der Waals surface area contributed by atoms with Crippen molar-refractivity contribution < 1.29 is 0 Å². The number of nitrogens with zero attached hydrogens (tertiary/aromatic N) is 1. The lowest BCUT2D eigenvalue weighted by molar-refractivity contribution is 1.30. The summed E-state index contributed by atoms with van der Waals surface area (Å²) in [4.78, 5) is 0. The molecule has 0 N–H and O–H groups in total. The molecule has 4 rings (SSSR count). The standard InChI is InChI=1S/C14H9N.C2H8Si/c1-2-7-13-11(5-1)12-6-3-4-10-8-9-15(13)14(10)12;1-3-2/h1-9H;3H2,1-2H3. The van der Waals surface area contributed by atoms with E-state index in [4.69, 9.17) is 0 Å². The van der Waals surface area contributed by atoms with Crippen LogP contribution < -0.4 is 0 Å². The maximum Gasteiger partial charge on any atom is 0.0607 e. The van der Waals surface area contributed by atoms with Gasteiger partial charge in [0.25, 0.3) is 0 Å². The van der Waals surface area contributed by atoms with Crippen molar-refractivity contribution in [2.24, 2.45) is 0 Å². The highest BCUT2D eigenvalue weighted by Gasteiger charge is 2.09. The zero-order chi connectivity index (χ0) is 12.5. The largest absolute Gasteiger partial charge is 0.315 e. The Morgan fingerprint density at radius 3 is 2.39 bits per heavy atom. The Labute approximate surface area is 109 Å². The first-order valence-corrected chi connectivity index (χ1v) is 9.39. The highest BCUT2D eigenvalue weighted by Crippen LogP contribution is 2.31. The fourth-order valence-corrected chi connectivity index (χ4v) is 2.52. The van der Waals surface area contributed by atoms with Crippen LogP contribution in [0.2, 0.25) is 13.1 Å². The lowest BCUT2D eigenvalue weighted by Gasteiger charge is -1.90. The second-order valence-corrected chi connectivity index (χ2v) is 6.07. The van der Waals surface area contributed by atoms with Crippen molar-refractivity contribution in [3.8, 4) is 0 Å². The van der Waals surface area contributed by atoms with Gasteiger partial charge < -0.3 is 4.40 Å². The fraction of sp³-hybridized carbons (Fsp3) is 0.125. The summed E-state index contributed by atoms with van der Waals surface area (Å²) < 4.78 is 2.28. The zero-order valence-electron chi connectivity index (χ0n) is 10.9. The number of fused-ring (bicyclic) bond motifs is 3. The van der Waals surface area contributed by atoms with Gasteiger partial charge in [-0.3, -0.25) is 0 Å². The highest BCUT2D eigenvalue weighted by molar-refractivity contribution is 6.31. The molecule has 2 aromatic carbocycles. The number of benzene rings is 2. The molecule has 4 aromatic rings. The summed E-state index contributed by atoms with van der Waals surface area (Å²) in [5.74, 6) is 0. The number of hydrogen-bond acceptors (Lipinski definition) is 0. The van der Waals surface area contributed by atoms with Crippen molar-refractivity contribution in [3.63, 3.8) is 0 Å². The van der Waals surface area contributed by atoms with Gasteiger partial charge in [0.2, 0.25) is 0 Å². The Bertz CT molecular complexity index is 763. The van der Waals surface area contributed by atoms with Crippen LogP contribution in [0.3, 0.4) is 0 Å². The van der Waals surface area contributed by atoms with Gasteiger partial charge in [0, 0.05) is 31.9 Å². The molecule has 0 aliphatic heterocycles. The zero-order valence-corrected chi connectivity index (χ0v) is 12.3. The monoisotopic (exact) mass is 251 g/mol. The highest BCUT2D eigenvalue weighted by atomic mass is 28.2. The van der Waals surface area contributed by atoms with Gasteiger partial charge in [-0.05, 0) is 12.1 Å². The van der Waals surface area contributed by atoms with Crippen LogP contribution in [0.1, 0.15) is 0 Å². The van der Waals surface area contributed by atoms with E-state index < -0.39 is 0 Å². The number of para-hydroxylation sites is 2. The fourth-order valence-electron chi connectivity index (χ4n) is 2.52. The SMILES string of the molecule is C[SiH2]C.c1ccc2c(c1)c1cccc3ccn2c31. The van der Waals surface area contributed by atoms with Crippen molar-refractivity contribution in [2.45, 2.75) is 13.1 Å². The first-order valence-electron chi connectivity index (χ1n) is 6.56. The molecule has 2 aromatic heterocycles. The minimum atomic E-state index is 0.417. The van der Waals surface area contributed by atoms with Crippen LogP contribution in [-0.2, 0) is 0 Å². The number of hydrogen-bond donors (Lipinski definition) is 0. The van der Waals surface area contributed by atoms with Crippen molar-refractivity contribution >= 4 is 36.7 Å². The van der Waals surface area contributed by atoms with Gasteiger partial charge in [0.15, 0.2) is 0 Å². The molecule has 0 atom stereocenters. The van der Waals surface area contributed by atoms with Crippen molar-refractivity contribution in [1.82, 2.24) is 4.40 Å². The third kappa shape index (κ3) is 1.53. The predicted octanol–water partition coefficient (Wildman–Crippen LogP) is 3.93. The minimum Gasteiger partial charge on any atom is -0.315 e. The average molecular weight is 251 g/mol. The quantitative estimate of drug-likeness (QED) is 0.417. The van der Waals surface area contributed by atoms with E-state index in [1.165, 1.54) is 27.2 Å². The van der Waals surface area contributed by atoms with Crippen LogP contribution in [0.25, 0.3) is 27.2 Å². The predicted molar refractivity (Wildman–Crippen MR) is 83.9 cm³/mol.